The minimum absolute atomic E-state index is 0.0457. The van der Waals surface area contributed by atoms with E-state index in [1.54, 1.807) is 6.33 Å². The molecule has 1 aromatic carbocycles. The Labute approximate surface area is 150 Å². The van der Waals surface area contributed by atoms with E-state index in [2.05, 4.69) is 42.7 Å². The van der Waals surface area contributed by atoms with Crippen LogP contribution in [-0.2, 0) is 5.41 Å². The zero-order valence-electron chi connectivity index (χ0n) is 16.3. The maximum Gasteiger partial charge on any atom is 0.222 e. The van der Waals surface area contributed by atoms with Gasteiger partial charge in [-0.2, -0.15) is 0 Å². The summed E-state index contributed by atoms with van der Waals surface area (Å²) in [6.07, 6.45) is 3.40. The minimum Gasteiger partial charge on any atom is -0.439 e. The van der Waals surface area contributed by atoms with Gasteiger partial charge in [0, 0.05) is 25.1 Å². The van der Waals surface area contributed by atoms with Crippen LogP contribution in [0.25, 0.3) is 0 Å². The van der Waals surface area contributed by atoms with Gasteiger partial charge in [0.1, 0.15) is 12.1 Å². The van der Waals surface area contributed by atoms with Gasteiger partial charge in [-0.05, 0) is 44.0 Å². The van der Waals surface area contributed by atoms with Crippen molar-refractivity contribution in [1.82, 2.24) is 14.9 Å². The number of benzene rings is 1. The molecule has 0 aliphatic carbocycles. The van der Waals surface area contributed by atoms with Crippen LogP contribution in [0.5, 0.6) is 11.6 Å². The fraction of sp³-hybridized carbons (Fsp3) is 0.450. The second kappa shape index (κ2) is 7.64. The van der Waals surface area contributed by atoms with Crippen molar-refractivity contribution in [1.29, 1.82) is 0 Å². The standard InChI is InChI=1S/C20H28N4O/c1-8-24(7)13-23-16-9-15(3)17(10-14(16)2)25-19-11-18(20(4,5)6)21-12-22-19/h9-13H,8H2,1-7H3. The molecule has 0 unspecified atom stereocenters. The van der Waals surface area contributed by atoms with E-state index in [0.29, 0.717) is 5.88 Å². The molecule has 0 saturated heterocycles. The highest BCUT2D eigenvalue weighted by molar-refractivity contribution is 5.64. The molecule has 0 bridgehead atoms. The Balaban J connectivity index is 2.27. The first-order chi connectivity index (χ1) is 11.7. The van der Waals surface area contributed by atoms with Gasteiger partial charge in [0.05, 0.1) is 17.7 Å². The van der Waals surface area contributed by atoms with Crippen molar-refractivity contribution in [2.24, 2.45) is 4.99 Å². The second-order valence-corrected chi connectivity index (χ2v) is 7.32. The number of aliphatic imine (C=N–C) groups is 1. The number of nitrogens with zero attached hydrogens (tertiary/aromatic N) is 4. The molecular formula is C20H28N4O. The smallest absolute Gasteiger partial charge is 0.222 e. The van der Waals surface area contributed by atoms with E-state index in [1.165, 1.54) is 0 Å². The van der Waals surface area contributed by atoms with Gasteiger partial charge < -0.3 is 9.64 Å². The van der Waals surface area contributed by atoms with Crippen molar-refractivity contribution in [2.75, 3.05) is 13.6 Å². The number of aryl methyl sites for hydroxylation is 2. The lowest BCUT2D eigenvalue weighted by Gasteiger charge is -2.18. The monoisotopic (exact) mass is 340 g/mol. The van der Waals surface area contributed by atoms with E-state index >= 15 is 0 Å². The second-order valence-electron chi connectivity index (χ2n) is 7.32. The third kappa shape index (κ3) is 5.02. The molecule has 2 aromatic rings. The lowest BCUT2D eigenvalue weighted by atomic mass is 9.92. The molecule has 1 aromatic heterocycles. The Hall–Kier alpha value is -2.43. The fourth-order valence-corrected chi connectivity index (χ4v) is 2.18. The fourth-order valence-electron chi connectivity index (χ4n) is 2.18. The predicted octanol–water partition coefficient (Wildman–Crippen LogP) is 4.79. The van der Waals surface area contributed by atoms with E-state index in [4.69, 9.17) is 4.74 Å². The van der Waals surface area contributed by atoms with Crippen molar-refractivity contribution in [3.8, 4) is 11.6 Å². The molecule has 0 atom stereocenters. The summed E-state index contributed by atoms with van der Waals surface area (Å²) in [7, 11) is 2.01. The van der Waals surface area contributed by atoms with E-state index in [9.17, 15) is 0 Å². The van der Waals surface area contributed by atoms with Gasteiger partial charge in [0.2, 0.25) is 5.88 Å². The molecule has 0 amide bonds. The molecule has 25 heavy (non-hydrogen) atoms. The van der Waals surface area contributed by atoms with Gasteiger partial charge >= 0.3 is 0 Å². The lowest BCUT2D eigenvalue weighted by Crippen LogP contribution is -2.14. The van der Waals surface area contributed by atoms with Crippen LogP contribution in [0, 0.1) is 13.8 Å². The summed E-state index contributed by atoms with van der Waals surface area (Å²) >= 11 is 0. The number of aromatic nitrogens is 2. The van der Waals surface area contributed by atoms with Crippen molar-refractivity contribution in [3.05, 3.63) is 41.3 Å². The van der Waals surface area contributed by atoms with Crippen LogP contribution >= 0.6 is 0 Å². The normalized spacial score (nSPS) is 11.8. The van der Waals surface area contributed by atoms with Crippen LogP contribution in [-0.4, -0.2) is 34.8 Å². The van der Waals surface area contributed by atoms with Crippen LogP contribution in [0.1, 0.15) is 44.5 Å². The van der Waals surface area contributed by atoms with Gasteiger partial charge in [0.15, 0.2) is 0 Å². The molecule has 0 aliphatic rings. The van der Waals surface area contributed by atoms with Crippen molar-refractivity contribution >= 4 is 12.0 Å². The molecule has 0 fully saturated rings. The maximum absolute atomic E-state index is 6.01. The van der Waals surface area contributed by atoms with E-state index < -0.39 is 0 Å². The molecule has 0 aliphatic heterocycles. The molecule has 0 radical (unpaired) electrons. The van der Waals surface area contributed by atoms with E-state index in [-0.39, 0.29) is 5.41 Å². The molecule has 0 saturated carbocycles. The largest absolute Gasteiger partial charge is 0.439 e. The number of ether oxygens (including phenoxy) is 1. The van der Waals surface area contributed by atoms with Crippen LogP contribution in [0.15, 0.2) is 29.5 Å². The van der Waals surface area contributed by atoms with Crippen molar-refractivity contribution < 1.29 is 4.74 Å². The van der Waals surface area contributed by atoms with Crippen molar-refractivity contribution in [3.63, 3.8) is 0 Å². The Morgan fingerprint density at radius 3 is 2.48 bits per heavy atom. The zero-order chi connectivity index (χ0) is 18.6. The SMILES string of the molecule is CCN(C)C=Nc1cc(C)c(Oc2cc(C(C)(C)C)ncn2)cc1C. The Morgan fingerprint density at radius 2 is 1.84 bits per heavy atom. The summed E-state index contributed by atoms with van der Waals surface area (Å²) in [6, 6.07) is 5.94. The van der Waals surface area contributed by atoms with Crippen LogP contribution in [0.3, 0.4) is 0 Å². The zero-order valence-corrected chi connectivity index (χ0v) is 16.3. The van der Waals surface area contributed by atoms with Gasteiger partial charge in [-0.1, -0.05) is 20.8 Å². The molecule has 0 spiro atoms. The Kier molecular flexibility index (Phi) is 5.77. The van der Waals surface area contributed by atoms with Gasteiger partial charge in [-0.3, -0.25) is 0 Å². The molecule has 5 nitrogen and oxygen atoms in total. The third-order valence-electron chi connectivity index (χ3n) is 4.01. The quantitative estimate of drug-likeness (QED) is 0.580. The van der Waals surface area contributed by atoms with E-state index in [1.807, 2.05) is 50.3 Å². The summed E-state index contributed by atoms with van der Waals surface area (Å²) in [4.78, 5) is 15.2. The first-order valence-corrected chi connectivity index (χ1v) is 8.56. The van der Waals surface area contributed by atoms with Crippen LogP contribution < -0.4 is 4.74 Å². The summed E-state index contributed by atoms with van der Waals surface area (Å²) in [5, 5.41) is 0. The minimum atomic E-state index is -0.0457. The highest BCUT2D eigenvalue weighted by atomic mass is 16.5. The molecular weight excluding hydrogens is 312 g/mol. The van der Waals surface area contributed by atoms with Crippen LogP contribution in [0.2, 0.25) is 0 Å². The molecule has 2 rings (SSSR count). The number of hydrogen-bond donors (Lipinski definition) is 0. The highest BCUT2D eigenvalue weighted by Crippen LogP contribution is 2.31. The summed E-state index contributed by atoms with van der Waals surface area (Å²) in [5.41, 5.74) is 3.94. The summed E-state index contributed by atoms with van der Waals surface area (Å²) < 4.78 is 6.01. The third-order valence-corrected chi connectivity index (χ3v) is 4.01. The van der Waals surface area contributed by atoms with Crippen molar-refractivity contribution in [2.45, 2.75) is 47.0 Å². The number of hydrogen-bond acceptors (Lipinski definition) is 4. The molecule has 1 heterocycles. The first-order valence-electron chi connectivity index (χ1n) is 8.56. The van der Waals surface area contributed by atoms with Gasteiger partial charge in [-0.25, -0.2) is 15.0 Å². The molecule has 0 N–H and O–H groups in total. The van der Waals surface area contributed by atoms with Gasteiger partial charge in [-0.15, -0.1) is 0 Å². The summed E-state index contributed by atoms with van der Waals surface area (Å²) in [5.74, 6) is 1.35. The van der Waals surface area contributed by atoms with E-state index in [0.717, 1.165) is 34.8 Å². The molecule has 5 heteroatoms. The highest BCUT2D eigenvalue weighted by Gasteiger charge is 2.17. The van der Waals surface area contributed by atoms with Gasteiger partial charge in [0.25, 0.3) is 0 Å². The lowest BCUT2D eigenvalue weighted by molar-refractivity contribution is 0.451. The van der Waals surface area contributed by atoms with Crippen LogP contribution in [0.4, 0.5) is 5.69 Å². The molecule has 134 valence electrons. The topological polar surface area (TPSA) is 50.6 Å². The Bertz CT molecular complexity index is 763. The predicted molar refractivity (Wildman–Crippen MR) is 103 cm³/mol. The average Bonchev–Trinajstić information content (AvgIpc) is 2.55. The first kappa shape index (κ1) is 18.9. The average molecular weight is 340 g/mol. The maximum atomic E-state index is 6.01. The Morgan fingerprint density at radius 1 is 1.12 bits per heavy atom. The number of rotatable bonds is 5. The summed E-state index contributed by atoms with van der Waals surface area (Å²) in [6.45, 7) is 13.4.